The van der Waals surface area contributed by atoms with Gasteiger partial charge < -0.3 is 10.1 Å². The molecule has 3 nitrogen and oxygen atoms in total. The molecule has 0 radical (unpaired) electrons. The van der Waals surface area contributed by atoms with Gasteiger partial charge in [-0.15, -0.1) is 0 Å². The molecule has 0 amide bonds. The number of anilines is 1. The van der Waals surface area contributed by atoms with Crippen molar-refractivity contribution in [1.82, 2.24) is 0 Å². The molecule has 0 atom stereocenters. The average Bonchev–Trinajstić information content (AvgIpc) is 2.45. The fourth-order valence-electron chi connectivity index (χ4n) is 1.87. The number of hydrogen-bond acceptors (Lipinski definition) is 3. The molecule has 3 heteroatoms. The molecule has 0 heterocycles. The molecule has 0 spiro atoms. The number of carbonyl (C=O) groups excluding carboxylic acids is 1. The highest BCUT2D eigenvalue weighted by Crippen LogP contribution is 2.12. The van der Waals surface area contributed by atoms with Crippen LogP contribution >= 0.6 is 0 Å². The second-order valence-corrected chi connectivity index (χ2v) is 4.41. The first kappa shape index (κ1) is 13.1. The summed E-state index contributed by atoms with van der Waals surface area (Å²) in [5.41, 5.74) is 4.02. The number of hydrogen-bond donors (Lipinski definition) is 1. The fraction of sp³-hybridized carbons (Fsp3) is 0.188. The molecule has 0 aliphatic heterocycles. The highest BCUT2D eigenvalue weighted by Gasteiger charge is 2.03. The Morgan fingerprint density at radius 2 is 1.89 bits per heavy atom. The molecule has 0 unspecified atom stereocenters. The lowest BCUT2D eigenvalue weighted by Crippen LogP contribution is -2.02. The second-order valence-electron chi connectivity index (χ2n) is 4.41. The van der Waals surface area contributed by atoms with Crippen molar-refractivity contribution in [2.75, 3.05) is 12.4 Å². The Hall–Kier alpha value is -2.29. The number of carbonyl (C=O) groups is 1. The first-order valence-corrected chi connectivity index (χ1v) is 6.17. The molecule has 0 aliphatic carbocycles. The van der Waals surface area contributed by atoms with Crippen molar-refractivity contribution < 1.29 is 9.53 Å². The minimum absolute atomic E-state index is 0.315. The molecular formula is C16H17NO2. The summed E-state index contributed by atoms with van der Waals surface area (Å²) in [6, 6.07) is 15.6. The molecule has 2 aromatic carbocycles. The van der Waals surface area contributed by atoms with Crippen molar-refractivity contribution in [2.24, 2.45) is 0 Å². The molecule has 1 N–H and O–H groups in total. The van der Waals surface area contributed by atoms with Crippen LogP contribution in [0.25, 0.3) is 0 Å². The Labute approximate surface area is 113 Å². The number of nitrogens with one attached hydrogen (secondary N) is 1. The Balaban J connectivity index is 1.98. The first-order chi connectivity index (χ1) is 9.19. The maximum absolute atomic E-state index is 11.3. The number of benzene rings is 2. The monoisotopic (exact) mass is 255 g/mol. The highest BCUT2D eigenvalue weighted by molar-refractivity contribution is 5.89. The fourth-order valence-corrected chi connectivity index (χ4v) is 1.87. The summed E-state index contributed by atoms with van der Waals surface area (Å²) in [4.78, 5) is 11.3. The molecule has 0 aliphatic rings. The van der Waals surface area contributed by atoms with E-state index in [0.29, 0.717) is 5.56 Å². The van der Waals surface area contributed by atoms with Crippen LogP contribution in [0.1, 0.15) is 21.5 Å². The standard InChI is InChI=1S/C16H17NO2/c1-12-4-3-5-13(10-12)11-17-15-8-6-14(7-9-15)16(18)19-2/h3-10,17H,11H2,1-2H3. The van der Waals surface area contributed by atoms with Gasteiger partial charge in [-0.25, -0.2) is 4.79 Å². The second kappa shape index (κ2) is 6.05. The third-order valence-electron chi connectivity index (χ3n) is 2.89. The van der Waals surface area contributed by atoms with Crippen LogP contribution in [-0.2, 0) is 11.3 Å². The molecular weight excluding hydrogens is 238 g/mol. The van der Waals surface area contributed by atoms with Gasteiger partial charge in [0.1, 0.15) is 0 Å². The zero-order valence-electron chi connectivity index (χ0n) is 11.1. The van der Waals surface area contributed by atoms with Crippen LogP contribution in [-0.4, -0.2) is 13.1 Å². The Morgan fingerprint density at radius 3 is 2.53 bits per heavy atom. The first-order valence-electron chi connectivity index (χ1n) is 6.17. The average molecular weight is 255 g/mol. The maximum Gasteiger partial charge on any atom is 0.337 e. The van der Waals surface area contributed by atoms with E-state index < -0.39 is 0 Å². The van der Waals surface area contributed by atoms with Crippen molar-refractivity contribution in [2.45, 2.75) is 13.5 Å². The van der Waals surface area contributed by atoms with E-state index in [4.69, 9.17) is 0 Å². The Morgan fingerprint density at radius 1 is 1.16 bits per heavy atom. The van der Waals surface area contributed by atoms with Gasteiger partial charge in [0.25, 0.3) is 0 Å². The van der Waals surface area contributed by atoms with Gasteiger partial charge in [-0.2, -0.15) is 0 Å². The molecule has 19 heavy (non-hydrogen) atoms. The van der Waals surface area contributed by atoms with Crippen molar-refractivity contribution >= 4 is 11.7 Å². The van der Waals surface area contributed by atoms with Crippen LogP contribution in [0, 0.1) is 6.92 Å². The summed E-state index contributed by atoms with van der Waals surface area (Å²) in [6.45, 7) is 2.84. The van der Waals surface area contributed by atoms with Gasteiger partial charge in [0.2, 0.25) is 0 Å². The summed E-state index contributed by atoms with van der Waals surface area (Å²) in [7, 11) is 1.38. The van der Waals surface area contributed by atoms with E-state index in [1.807, 2.05) is 18.2 Å². The molecule has 0 fully saturated rings. The van der Waals surface area contributed by atoms with Gasteiger partial charge in [0.15, 0.2) is 0 Å². The quantitative estimate of drug-likeness (QED) is 0.851. The van der Waals surface area contributed by atoms with Gasteiger partial charge in [-0.3, -0.25) is 0 Å². The van der Waals surface area contributed by atoms with Gasteiger partial charge in [-0.1, -0.05) is 29.8 Å². The smallest absolute Gasteiger partial charge is 0.337 e. The Kier molecular flexibility index (Phi) is 4.18. The van der Waals surface area contributed by atoms with Crippen molar-refractivity contribution in [3.8, 4) is 0 Å². The number of aryl methyl sites for hydroxylation is 1. The van der Waals surface area contributed by atoms with Gasteiger partial charge in [-0.05, 0) is 36.8 Å². The van der Waals surface area contributed by atoms with Crippen molar-refractivity contribution in [3.05, 3.63) is 65.2 Å². The van der Waals surface area contributed by atoms with Crippen LogP contribution in [0.3, 0.4) is 0 Å². The lowest BCUT2D eigenvalue weighted by molar-refractivity contribution is 0.0601. The topological polar surface area (TPSA) is 38.3 Å². The SMILES string of the molecule is COC(=O)c1ccc(NCc2cccc(C)c2)cc1. The van der Waals surface area contributed by atoms with E-state index in [-0.39, 0.29) is 5.97 Å². The normalized spacial score (nSPS) is 10.0. The summed E-state index contributed by atoms with van der Waals surface area (Å²) in [5, 5.41) is 3.32. The van der Waals surface area contributed by atoms with Crippen LogP contribution in [0.15, 0.2) is 48.5 Å². The largest absolute Gasteiger partial charge is 0.465 e. The number of ether oxygens (including phenoxy) is 1. The molecule has 0 bridgehead atoms. The molecule has 0 saturated heterocycles. The van der Waals surface area contributed by atoms with E-state index in [1.165, 1.54) is 18.2 Å². The minimum atomic E-state index is -0.315. The predicted molar refractivity (Wildman–Crippen MR) is 76.3 cm³/mol. The molecule has 98 valence electrons. The zero-order valence-corrected chi connectivity index (χ0v) is 11.1. The predicted octanol–water partition coefficient (Wildman–Crippen LogP) is 3.39. The van der Waals surface area contributed by atoms with E-state index in [2.05, 4.69) is 35.2 Å². The third kappa shape index (κ3) is 3.58. The molecule has 0 saturated carbocycles. The third-order valence-corrected chi connectivity index (χ3v) is 2.89. The van der Waals surface area contributed by atoms with Crippen molar-refractivity contribution in [1.29, 1.82) is 0 Å². The lowest BCUT2D eigenvalue weighted by atomic mass is 10.1. The zero-order chi connectivity index (χ0) is 13.7. The minimum Gasteiger partial charge on any atom is -0.465 e. The summed E-state index contributed by atoms with van der Waals surface area (Å²) >= 11 is 0. The van der Waals surface area contributed by atoms with Gasteiger partial charge in [0, 0.05) is 12.2 Å². The summed E-state index contributed by atoms with van der Waals surface area (Å²) in [6.07, 6.45) is 0. The highest BCUT2D eigenvalue weighted by atomic mass is 16.5. The maximum atomic E-state index is 11.3. The molecule has 0 aromatic heterocycles. The summed E-state index contributed by atoms with van der Waals surface area (Å²) < 4.78 is 4.66. The van der Waals surface area contributed by atoms with Crippen LogP contribution in [0.4, 0.5) is 5.69 Å². The molecule has 2 rings (SSSR count). The van der Waals surface area contributed by atoms with E-state index in [0.717, 1.165) is 12.2 Å². The lowest BCUT2D eigenvalue weighted by Gasteiger charge is -2.08. The Bertz CT molecular complexity index is 561. The van der Waals surface area contributed by atoms with E-state index in [1.54, 1.807) is 12.1 Å². The van der Waals surface area contributed by atoms with Crippen LogP contribution in [0.2, 0.25) is 0 Å². The van der Waals surface area contributed by atoms with Gasteiger partial charge >= 0.3 is 5.97 Å². The van der Waals surface area contributed by atoms with Gasteiger partial charge in [0.05, 0.1) is 12.7 Å². The number of rotatable bonds is 4. The van der Waals surface area contributed by atoms with Crippen LogP contribution in [0.5, 0.6) is 0 Å². The van der Waals surface area contributed by atoms with Crippen LogP contribution < -0.4 is 5.32 Å². The molecule has 2 aromatic rings. The van der Waals surface area contributed by atoms with E-state index >= 15 is 0 Å². The van der Waals surface area contributed by atoms with Crippen molar-refractivity contribution in [3.63, 3.8) is 0 Å². The number of methoxy groups -OCH3 is 1. The summed E-state index contributed by atoms with van der Waals surface area (Å²) in [5.74, 6) is -0.315. The van der Waals surface area contributed by atoms with E-state index in [9.17, 15) is 4.79 Å². The number of esters is 1.